The fourth-order valence-electron chi connectivity index (χ4n) is 9.38. The number of benzene rings is 9. The van der Waals surface area contributed by atoms with Crippen molar-refractivity contribution in [3.8, 4) is 61.8 Å². The Morgan fingerprint density at radius 3 is 1.59 bits per heavy atom. The monoisotopic (exact) mass is 805 g/mol. The lowest BCUT2D eigenvalue weighted by atomic mass is 10.00. The van der Waals surface area contributed by atoms with Gasteiger partial charge in [0.15, 0.2) is 5.82 Å². The third-order valence-electron chi connectivity index (χ3n) is 12.4. The summed E-state index contributed by atoms with van der Waals surface area (Å²) in [6.45, 7) is 0. The molecule has 63 heavy (non-hydrogen) atoms. The molecule has 0 radical (unpaired) electrons. The maximum atomic E-state index is 6.42. The predicted molar refractivity (Wildman–Crippen MR) is 258 cm³/mol. The molecule has 4 heterocycles. The number of nitrogens with zero attached hydrogens (tertiary/aromatic N) is 3. The summed E-state index contributed by atoms with van der Waals surface area (Å²) in [5, 5.41) is 6.74. The van der Waals surface area contributed by atoms with Crippen LogP contribution in [0.25, 0.3) is 128 Å². The summed E-state index contributed by atoms with van der Waals surface area (Å²) in [7, 11) is 0. The van der Waals surface area contributed by atoms with Gasteiger partial charge in [-0.25, -0.2) is 9.97 Å². The summed E-state index contributed by atoms with van der Waals surface area (Å²) in [4.78, 5) is 10.2. The number of rotatable bonds is 6. The summed E-state index contributed by atoms with van der Waals surface area (Å²) in [6.07, 6.45) is 0. The van der Waals surface area contributed by atoms with E-state index in [1.165, 1.54) is 10.8 Å². The molecule has 0 aliphatic heterocycles. The molecule has 0 N–H and O–H groups in total. The maximum absolute atomic E-state index is 6.42. The van der Waals surface area contributed by atoms with Crippen molar-refractivity contribution in [3.63, 3.8) is 0 Å². The van der Waals surface area contributed by atoms with Crippen LogP contribution in [0.4, 0.5) is 0 Å². The second kappa shape index (κ2) is 14.0. The third kappa shape index (κ3) is 5.78. The normalized spacial score (nSPS) is 11.8. The Kier molecular flexibility index (Phi) is 7.84. The first kappa shape index (κ1) is 35.2. The molecule has 9 aromatic carbocycles. The van der Waals surface area contributed by atoms with E-state index < -0.39 is 0 Å². The summed E-state index contributed by atoms with van der Waals surface area (Å²) in [5.41, 5.74) is 16.1. The highest BCUT2D eigenvalue weighted by Crippen LogP contribution is 2.40. The van der Waals surface area contributed by atoms with E-state index in [4.69, 9.17) is 18.8 Å². The first-order valence-corrected chi connectivity index (χ1v) is 21.2. The fourth-order valence-corrected chi connectivity index (χ4v) is 9.38. The molecule has 4 aromatic heterocycles. The molecule has 5 heteroatoms. The van der Waals surface area contributed by atoms with E-state index in [9.17, 15) is 0 Å². The van der Waals surface area contributed by atoms with E-state index in [0.29, 0.717) is 5.82 Å². The van der Waals surface area contributed by atoms with Gasteiger partial charge in [-0.2, -0.15) is 0 Å². The molecule has 0 unspecified atom stereocenters. The van der Waals surface area contributed by atoms with Gasteiger partial charge in [0.25, 0.3) is 0 Å². The summed E-state index contributed by atoms with van der Waals surface area (Å²) >= 11 is 0. The molecular formula is C58H35N3O2. The van der Waals surface area contributed by atoms with Crippen LogP contribution in [-0.4, -0.2) is 14.5 Å². The molecule has 294 valence electrons. The molecule has 13 aromatic rings. The average Bonchev–Trinajstić information content (AvgIpc) is 4.03. The highest BCUT2D eigenvalue weighted by molar-refractivity contribution is 6.12. The second-order valence-electron chi connectivity index (χ2n) is 16.1. The van der Waals surface area contributed by atoms with Crippen molar-refractivity contribution < 1.29 is 8.83 Å². The first-order chi connectivity index (χ1) is 31.2. The Balaban J connectivity index is 0.892. The molecule has 5 nitrogen and oxygen atoms in total. The fraction of sp³-hybridized carbons (Fsp3) is 0. The van der Waals surface area contributed by atoms with E-state index in [1.807, 2.05) is 54.6 Å². The van der Waals surface area contributed by atoms with Gasteiger partial charge < -0.3 is 13.4 Å². The van der Waals surface area contributed by atoms with Crippen LogP contribution in [-0.2, 0) is 0 Å². The maximum Gasteiger partial charge on any atom is 0.160 e. The van der Waals surface area contributed by atoms with Gasteiger partial charge in [-0.15, -0.1) is 0 Å². The van der Waals surface area contributed by atoms with Gasteiger partial charge in [0.1, 0.15) is 22.3 Å². The van der Waals surface area contributed by atoms with Gasteiger partial charge in [0, 0.05) is 60.3 Å². The molecule has 0 atom stereocenters. The van der Waals surface area contributed by atoms with Crippen molar-refractivity contribution >= 4 is 65.7 Å². The molecule has 0 aliphatic carbocycles. The quantitative estimate of drug-likeness (QED) is 0.168. The molecular weight excluding hydrogens is 771 g/mol. The minimum absolute atomic E-state index is 0.669. The van der Waals surface area contributed by atoms with E-state index in [1.54, 1.807) is 0 Å². The van der Waals surface area contributed by atoms with E-state index >= 15 is 0 Å². The number of hydrogen-bond acceptors (Lipinski definition) is 4. The average molecular weight is 806 g/mol. The minimum Gasteiger partial charge on any atom is -0.456 e. The highest BCUT2D eigenvalue weighted by Gasteiger charge is 2.18. The van der Waals surface area contributed by atoms with Crippen LogP contribution < -0.4 is 0 Å². The van der Waals surface area contributed by atoms with Crippen molar-refractivity contribution in [1.82, 2.24) is 14.5 Å². The standard InChI is InChI=1S/C58H35N3O2/c1-3-12-37(13-4-1)50-35-51(38-14-5-2-6-15-38)60-58(59-50)41-26-31-56-49(34-41)48-33-40(25-30-55(48)62-56)39-24-29-53-47(32-39)44-16-7-9-20-52(44)61(53)42-27-22-36(23-28-42)43-18-11-19-46-45-17-8-10-21-54(45)63-57(43)46/h1-35H. The zero-order chi connectivity index (χ0) is 41.4. The Morgan fingerprint density at radius 2 is 0.857 bits per heavy atom. The molecule has 0 aliphatic rings. The molecule has 0 amide bonds. The number of aromatic nitrogens is 3. The van der Waals surface area contributed by atoms with E-state index in [-0.39, 0.29) is 0 Å². The molecule has 0 fully saturated rings. The number of hydrogen-bond donors (Lipinski definition) is 0. The van der Waals surface area contributed by atoms with Crippen molar-refractivity contribution in [2.45, 2.75) is 0 Å². The van der Waals surface area contributed by atoms with Crippen LogP contribution in [0.2, 0.25) is 0 Å². The van der Waals surface area contributed by atoms with E-state index in [2.05, 4.69) is 162 Å². The van der Waals surface area contributed by atoms with Gasteiger partial charge in [-0.05, 0) is 89.5 Å². The number of fused-ring (bicyclic) bond motifs is 9. The molecule has 0 saturated carbocycles. The lowest BCUT2D eigenvalue weighted by Gasteiger charge is -2.10. The lowest BCUT2D eigenvalue weighted by Crippen LogP contribution is -1.95. The Labute approximate surface area is 361 Å². The largest absolute Gasteiger partial charge is 0.456 e. The van der Waals surface area contributed by atoms with Crippen LogP contribution >= 0.6 is 0 Å². The third-order valence-corrected chi connectivity index (χ3v) is 12.4. The van der Waals surface area contributed by atoms with Gasteiger partial charge in [-0.1, -0.05) is 140 Å². The second-order valence-corrected chi connectivity index (χ2v) is 16.1. The summed E-state index contributed by atoms with van der Waals surface area (Å²) < 4.78 is 15.2. The van der Waals surface area contributed by atoms with Gasteiger partial charge in [0.05, 0.1) is 22.4 Å². The first-order valence-electron chi connectivity index (χ1n) is 21.2. The smallest absolute Gasteiger partial charge is 0.160 e. The van der Waals surface area contributed by atoms with Crippen LogP contribution in [0.15, 0.2) is 221 Å². The lowest BCUT2D eigenvalue weighted by molar-refractivity contribution is 0.669. The Bertz CT molecular complexity index is 3840. The van der Waals surface area contributed by atoms with Crippen molar-refractivity contribution in [2.24, 2.45) is 0 Å². The van der Waals surface area contributed by atoms with Crippen molar-refractivity contribution in [2.75, 3.05) is 0 Å². The topological polar surface area (TPSA) is 57.0 Å². The van der Waals surface area contributed by atoms with Crippen LogP contribution in [0, 0.1) is 0 Å². The van der Waals surface area contributed by atoms with Gasteiger partial charge >= 0.3 is 0 Å². The summed E-state index contributed by atoms with van der Waals surface area (Å²) in [5.74, 6) is 0.669. The van der Waals surface area contributed by atoms with Crippen LogP contribution in [0.1, 0.15) is 0 Å². The molecule has 0 bridgehead atoms. The minimum atomic E-state index is 0.669. The SMILES string of the molecule is c1ccc(-c2cc(-c3ccccc3)nc(-c3ccc4oc5ccc(-c6ccc7c(c6)c6ccccc6n7-c6ccc(-c7cccc8c7oc7ccccc78)cc6)cc5c4c3)n2)cc1. The van der Waals surface area contributed by atoms with Crippen LogP contribution in [0.5, 0.6) is 0 Å². The molecule has 0 spiro atoms. The van der Waals surface area contributed by atoms with Crippen molar-refractivity contribution in [3.05, 3.63) is 212 Å². The predicted octanol–water partition coefficient (Wildman–Crippen LogP) is 15.7. The Hall–Kier alpha value is -8.54. The number of para-hydroxylation sites is 3. The van der Waals surface area contributed by atoms with E-state index in [0.717, 1.165) is 111 Å². The number of furan rings is 2. The highest BCUT2D eigenvalue weighted by atomic mass is 16.3. The van der Waals surface area contributed by atoms with Gasteiger partial charge in [-0.3, -0.25) is 0 Å². The molecule has 0 saturated heterocycles. The van der Waals surface area contributed by atoms with Crippen molar-refractivity contribution in [1.29, 1.82) is 0 Å². The summed E-state index contributed by atoms with van der Waals surface area (Å²) in [6, 6.07) is 74.4. The zero-order valence-electron chi connectivity index (χ0n) is 33.9. The Morgan fingerprint density at radius 1 is 0.317 bits per heavy atom. The van der Waals surface area contributed by atoms with Gasteiger partial charge in [0.2, 0.25) is 0 Å². The zero-order valence-corrected chi connectivity index (χ0v) is 33.9. The molecule has 13 rings (SSSR count). The van der Waals surface area contributed by atoms with Crippen LogP contribution in [0.3, 0.4) is 0 Å².